The van der Waals surface area contributed by atoms with Gasteiger partial charge < -0.3 is 4.90 Å². The minimum absolute atomic E-state index is 0.764. The molecule has 0 bridgehead atoms. The highest BCUT2D eigenvalue weighted by Gasteiger charge is 2.24. The molecule has 25 heavy (non-hydrogen) atoms. The van der Waals surface area contributed by atoms with Gasteiger partial charge in [-0.3, -0.25) is 4.98 Å². The second kappa shape index (κ2) is 7.70. The monoisotopic (exact) mass is 334 g/mol. The molecule has 2 aliphatic rings. The lowest BCUT2D eigenvalue weighted by Crippen LogP contribution is -2.36. The normalized spacial score (nSPS) is 22.4. The number of fused-ring (bicyclic) bond motifs is 1. The van der Waals surface area contributed by atoms with Gasteiger partial charge in [-0.15, -0.1) is 0 Å². The van der Waals surface area contributed by atoms with Crippen LogP contribution in [0.1, 0.15) is 54.0 Å². The molecule has 2 aromatic rings. The number of piperidine rings is 1. The molecule has 0 amide bonds. The largest absolute Gasteiger partial charge is 0.303 e. The minimum atomic E-state index is 0.764. The molecule has 0 radical (unpaired) electrons. The van der Waals surface area contributed by atoms with Gasteiger partial charge in [0, 0.05) is 18.4 Å². The van der Waals surface area contributed by atoms with Crippen molar-refractivity contribution in [2.75, 3.05) is 19.6 Å². The van der Waals surface area contributed by atoms with Crippen LogP contribution in [0.3, 0.4) is 0 Å². The molecule has 132 valence electrons. The lowest BCUT2D eigenvalue weighted by atomic mass is 9.86. The summed E-state index contributed by atoms with van der Waals surface area (Å²) in [5.74, 6) is 1.60. The summed E-state index contributed by atoms with van der Waals surface area (Å²) in [6.07, 6.45) is 9.61. The Morgan fingerprint density at radius 2 is 1.76 bits per heavy atom. The number of benzene rings is 1. The summed E-state index contributed by atoms with van der Waals surface area (Å²) in [5, 5.41) is 0. The van der Waals surface area contributed by atoms with E-state index in [0.717, 1.165) is 11.8 Å². The third-order valence-electron chi connectivity index (χ3n) is 6.33. The Morgan fingerprint density at radius 3 is 2.60 bits per heavy atom. The summed E-state index contributed by atoms with van der Waals surface area (Å²) in [5.41, 5.74) is 5.89. The summed E-state index contributed by atoms with van der Waals surface area (Å²) in [4.78, 5) is 7.32. The lowest BCUT2D eigenvalue weighted by molar-refractivity contribution is 0.175. The van der Waals surface area contributed by atoms with Crippen molar-refractivity contribution in [2.24, 2.45) is 5.92 Å². The van der Waals surface area contributed by atoms with Gasteiger partial charge in [-0.1, -0.05) is 30.3 Å². The standard InChI is InChI=1S/C23H30N2/c1-18-5-2-3-7-22(18)20-12-15-25(16-13-20)17-19-8-10-21-6-4-14-24-23(21)11-9-19/h2-7,14,19-20H,8-13,15-17H2,1H3. The topological polar surface area (TPSA) is 16.1 Å². The van der Waals surface area contributed by atoms with E-state index in [4.69, 9.17) is 0 Å². The SMILES string of the molecule is Cc1ccccc1C1CCN(CC2CCc3cccnc3CC2)CC1. The zero-order chi connectivity index (χ0) is 17.1. The number of hydrogen-bond donors (Lipinski definition) is 0. The molecular weight excluding hydrogens is 304 g/mol. The second-order valence-electron chi connectivity index (χ2n) is 7.98. The first-order chi connectivity index (χ1) is 12.3. The van der Waals surface area contributed by atoms with Crippen LogP contribution < -0.4 is 0 Å². The van der Waals surface area contributed by atoms with E-state index in [2.05, 4.69) is 53.2 Å². The molecule has 1 saturated heterocycles. The Balaban J connectivity index is 1.30. The quantitative estimate of drug-likeness (QED) is 0.752. The van der Waals surface area contributed by atoms with E-state index >= 15 is 0 Å². The number of likely N-dealkylation sites (tertiary alicyclic amines) is 1. The van der Waals surface area contributed by atoms with Crippen LogP contribution in [0.2, 0.25) is 0 Å². The van der Waals surface area contributed by atoms with Gasteiger partial charge in [-0.05, 0) is 93.1 Å². The molecule has 1 atom stereocenters. The number of pyridine rings is 1. The van der Waals surface area contributed by atoms with E-state index < -0.39 is 0 Å². The number of aromatic nitrogens is 1. The van der Waals surface area contributed by atoms with E-state index in [1.54, 1.807) is 5.56 Å². The number of hydrogen-bond acceptors (Lipinski definition) is 2. The molecule has 1 aliphatic heterocycles. The van der Waals surface area contributed by atoms with Crippen molar-refractivity contribution >= 4 is 0 Å². The maximum atomic E-state index is 4.60. The smallest absolute Gasteiger partial charge is 0.0435 e. The highest BCUT2D eigenvalue weighted by Crippen LogP contribution is 2.31. The molecule has 2 nitrogen and oxygen atoms in total. The Bertz CT molecular complexity index is 674. The van der Waals surface area contributed by atoms with Gasteiger partial charge in [0.1, 0.15) is 0 Å². The summed E-state index contributed by atoms with van der Waals surface area (Å²) in [7, 11) is 0. The van der Waals surface area contributed by atoms with Crippen molar-refractivity contribution in [3.8, 4) is 0 Å². The zero-order valence-electron chi connectivity index (χ0n) is 15.5. The molecule has 2 heterocycles. The van der Waals surface area contributed by atoms with Crippen LogP contribution in [-0.2, 0) is 12.8 Å². The molecule has 1 aromatic carbocycles. The molecule has 0 saturated carbocycles. The van der Waals surface area contributed by atoms with Crippen molar-refractivity contribution in [3.63, 3.8) is 0 Å². The summed E-state index contributed by atoms with van der Waals surface area (Å²) >= 11 is 0. The second-order valence-corrected chi connectivity index (χ2v) is 7.98. The fraction of sp³-hybridized carbons (Fsp3) is 0.522. The summed E-state index contributed by atoms with van der Waals surface area (Å²) < 4.78 is 0. The van der Waals surface area contributed by atoms with E-state index in [9.17, 15) is 0 Å². The number of rotatable bonds is 3. The molecule has 1 aliphatic carbocycles. The maximum Gasteiger partial charge on any atom is 0.0435 e. The number of aryl methyl sites for hydroxylation is 3. The lowest BCUT2D eigenvalue weighted by Gasteiger charge is -2.34. The fourth-order valence-corrected chi connectivity index (χ4v) is 4.79. The molecule has 0 spiro atoms. The van der Waals surface area contributed by atoms with E-state index in [0.29, 0.717) is 0 Å². The molecular formula is C23H30N2. The first-order valence-electron chi connectivity index (χ1n) is 10.0. The molecule has 2 heteroatoms. The van der Waals surface area contributed by atoms with Crippen LogP contribution in [0, 0.1) is 12.8 Å². The summed E-state index contributed by atoms with van der Waals surface area (Å²) in [6, 6.07) is 13.3. The fourth-order valence-electron chi connectivity index (χ4n) is 4.79. The van der Waals surface area contributed by atoms with Crippen LogP contribution in [0.15, 0.2) is 42.6 Å². The number of nitrogens with zero attached hydrogens (tertiary/aromatic N) is 2. The Labute approximate surface area is 152 Å². The van der Waals surface area contributed by atoms with E-state index in [1.807, 2.05) is 6.20 Å². The van der Waals surface area contributed by atoms with Gasteiger partial charge in [-0.25, -0.2) is 0 Å². The minimum Gasteiger partial charge on any atom is -0.303 e. The van der Waals surface area contributed by atoms with Crippen LogP contribution >= 0.6 is 0 Å². The van der Waals surface area contributed by atoms with Crippen LogP contribution in [0.25, 0.3) is 0 Å². The van der Waals surface area contributed by atoms with Crippen LogP contribution in [0.5, 0.6) is 0 Å². The van der Waals surface area contributed by atoms with Gasteiger partial charge in [-0.2, -0.15) is 0 Å². The molecule has 1 fully saturated rings. The van der Waals surface area contributed by atoms with Gasteiger partial charge >= 0.3 is 0 Å². The molecule has 0 N–H and O–H groups in total. The average molecular weight is 335 g/mol. The molecule has 1 unspecified atom stereocenters. The first kappa shape index (κ1) is 16.8. The van der Waals surface area contributed by atoms with Crippen molar-refractivity contribution in [1.29, 1.82) is 0 Å². The van der Waals surface area contributed by atoms with E-state index in [-0.39, 0.29) is 0 Å². The van der Waals surface area contributed by atoms with Crippen molar-refractivity contribution in [3.05, 3.63) is 65.0 Å². The Morgan fingerprint density at radius 1 is 0.960 bits per heavy atom. The van der Waals surface area contributed by atoms with Crippen LogP contribution in [-0.4, -0.2) is 29.5 Å². The van der Waals surface area contributed by atoms with Gasteiger partial charge in [0.15, 0.2) is 0 Å². The Hall–Kier alpha value is -1.67. The first-order valence-corrected chi connectivity index (χ1v) is 10.0. The van der Waals surface area contributed by atoms with Crippen molar-refractivity contribution < 1.29 is 0 Å². The average Bonchev–Trinajstić information content (AvgIpc) is 2.86. The zero-order valence-corrected chi connectivity index (χ0v) is 15.5. The Kier molecular flexibility index (Phi) is 5.17. The third-order valence-corrected chi connectivity index (χ3v) is 6.33. The highest BCUT2D eigenvalue weighted by atomic mass is 15.1. The van der Waals surface area contributed by atoms with Crippen molar-refractivity contribution in [1.82, 2.24) is 9.88 Å². The van der Waals surface area contributed by atoms with Gasteiger partial charge in [0.05, 0.1) is 0 Å². The van der Waals surface area contributed by atoms with Crippen molar-refractivity contribution in [2.45, 2.75) is 51.4 Å². The molecule has 1 aromatic heterocycles. The summed E-state index contributed by atoms with van der Waals surface area (Å²) in [6.45, 7) is 6.08. The van der Waals surface area contributed by atoms with Gasteiger partial charge in [0.25, 0.3) is 0 Å². The maximum absolute atomic E-state index is 4.60. The van der Waals surface area contributed by atoms with E-state index in [1.165, 1.54) is 75.0 Å². The van der Waals surface area contributed by atoms with Crippen LogP contribution in [0.4, 0.5) is 0 Å². The molecule has 4 rings (SSSR count). The predicted molar refractivity (Wildman–Crippen MR) is 104 cm³/mol. The third kappa shape index (κ3) is 3.95. The highest BCUT2D eigenvalue weighted by molar-refractivity contribution is 5.29. The van der Waals surface area contributed by atoms with Gasteiger partial charge in [0.2, 0.25) is 0 Å². The predicted octanol–water partition coefficient (Wildman–Crippen LogP) is 4.76.